The van der Waals surface area contributed by atoms with Gasteiger partial charge in [0.2, 0.25) is 9.76 Å². The number of hydrogen-bond donors (Lipinski definition) is 0. The normalized spacial score (nSPS) is 18.9. The summed E-state index contributed by atoms with van der Waals surface area (Å²) in [5.74, 6) is 0.969. The van der Waals surface area contributed by atoms with Gasteiger partial charge in [-0.05, 0) is 17.7 Å². The van der Waals surface area contributed by atoms with E-state index in [4.69, 9.17) is 4.43 Å². The molecule has 84 valence electrons. The fourth-order valence-electron chi connectivity index (χ4n) is 2.29. The predicted octanol–water partition coefficient (Wildman–Crippen LogP) is 2.44. The molecule has 0 aromatic carbocycles. The minimum atomic E-state index is -0.397. The summed E-state index contributed by atoms with van der Waals surface area (Å²) in [6, 6.07) is 4.33. The molecule has 1 heterocycles. The van der Waals surface area contributed by atoms with Gasteiger partial charge in [-0.3, -0.25) is 0 Å². The van der Waals surface area contributed by atoms with Gasteiger partial charge in [0.1, 0.15) is 0 Å². The van der Waals surface area contributed by atoms with Crippen LogP contribution in [0.15, 0.2) is 17.5 Å². The smallest absolute Gasteiger partial charge is 0.202 e. The van der Waals surface area contributed by atoms with Gasteiger partial charge in [0, 0.05) is 11.1 Å². The zero-order valence-electron chi connectivity index (χ0n) is 9.28. The van der Waals surface area contributed by atoms with E-state index in [2.05, 4.69) is 17.5 Å². The lowest BCUT2D eigenvalue weighted by Crippen LogP contribution is -2.16. The van der Waals surface area contributed by atoms with Gasteiger partial charge >= 0.3 is 0 Å². The van der Waals surface area contributed by atoms with Gasteiger partial charge in [-0.15, -0.1) is 0 Å². The minimum absolute atomic E-state index is 0.397. The van der Waals surface area contributed by atoms with Crippen molar-refractivity contribution in [3.05, 3.63) is 17.5 Å². The zero-order chi connectivity index (χ0) is 10.3. The largest absolute Gasteiger partial charge is 0.418 e. The molecule has 1 nitrogen and oxygen atoms in total. The van der Waals surface area contributed by atoms with Gasteiger partial charge in [-0.1, -0.05) is 44.2 Å². The van der Waals surface area contributed by atoms with Crippen LogP contribution in [-0.4, -0.2) is 16.4 Å². The summed E-state index contributed by atoms with van der Waals surface area (Å²) in [6.45, 7) is 1.01. The lowest BCUT2D eigenvalue weighted by atomic mass is 9.87. The predicted molar refractivity (Wildman–Crippen MR) is 69.6 cm³/mol. The highest BCUT2D eigenvalue weighted by Crippen LogP contribution is 2.25. The summed E-state index contributed by atoms with van der Waals surface area (Å²) < 4.78 is 7.31. The lowest BCUT2D eigenvalue weighted by molar-refractivity contribution is 0.256. The standard InChI is InChI=1S/C12H20OSSi/c1-2-5-11(6-3-1)8-9-13-15-12-7-4-10-14-12/h4,7,10-11H,1-3,5-6,8-9,15H2. The SMILES string of the molecule is c1csc([SiH2]OCCC2CCCCC2)c1. The van der Waals surface area contributed by atoms with E-state index in [0.29, 0.717) is 0 Å². The van der Waals surface area contributed by atoms with Crippen LogP contribution in [0.4, 0.5) is 0 Å². The maximum atomic E-state index is 5.83. The molecule has 1 aliphatic carbocycles. The highest BCUT2D eigenvalue weighted by molar-refractivity contribution is 7.19. The van der Waals surface area contributed by atoms with Gasteiger partial charge in [0.25, 0.3) is 0 Å². The van der Waals surface area contributed by atoms with Gasteiger partial charge in [-0.25, -0.2) is 0 Å². The van der Waals surface area contributed by atoms with Crippen LogP contribution in [0.2, 0.25) is 0 Å². The monoisotopic (exact) mass is 240 g/mol. The Morgan fingerprint density at radius 1 is 1.33 bits per heavy atom. The Morgan fingerprint density at radius 3 is 2.93 bits per heavy atom. The molecule has 2 rings (SSSR count). The van der Waals surface area contributed by atoms with Gasteiger partial charge < -0.3 is 4.43 Å². The average Bonchev–Trinajstić information content (AvgIpc) is 2.79. The first-order valence-electron chi connectivity index (χ1n) is 6.05. The van der Waals surface area contributed by atoms with E-state index in [-0.39, 0.29) is 0 Å². The second kappa shape index (κ2) is 6.46. The molecule has 1 fully saturated rings. The first-order chi connectivity index (χ1) is 7.45. The van der Waals surface area contributed by atoms with E-state index in [9.17, 15) is 0 Å². The molecule has 0 bridgehead atoms. The number of thiophene rings is 1. The van der Waals surface area contributed by atoms with E-state index < -0.39 is 9.76 Å². The van der Waals surface area contributed by atoms with Gasteiger partial charge in [0.15, 0.2) is 0 Å². The van der Waals surface area contributed by atoms with Crippen molar-refractivity contribution in [3.8, 4) is 0 Å². The highest BCUT2D eigenvalue weighted by Gasteiger charge is 2.12. The van der Waals surface area contributed by atoms with Crippen LogP contribution in [0.5, 0.6) is 0 Å². The number of hydrogen-bond acceptors (Lipinski definition) is 2. The van der Waals surface area contributed by atoms with Crippen molar-refractivity contribution in [1.29, 1.82) is 0 Å². The van der Waals surface area contributed by atoms with Crippen LogP contribution in [0.3, 0.4) is 0 Å². The molecule has 1 aromatic rings. The third kappa shape index (κ3) is 4.09. The molecule has 0 N–H and O–H groups in total. The summed E-state index contributed by atoms with van der Waals surface area (Å²) in [4.78, 5) is 0. The molecule has 0 aliphatic heterocycles. The zero-order valence-corrected chi connectivity index (χ0v) is 11.5. The van der Waals surface area contributed by atoms with Gasteiger partial charge in [0.05, 0.1) is 0 Å². The van der Waals surface area contributed by atoms with Crippen molar-refractivity contribution in [2.24, 2.45) is 5.92 Å². The third-order valence-electron chi connectivity index (χ3n) is 3.22. The van der Waals surface area contributed by atoms with Crippen molar-refractivity contribution >= 4 is 25.6 Å². The quantitative estimate of drug-likeness (QED) is 0.567. The Morgan fingerprint density at radius 2 is 2.20 bits per heavy atom. The van der Waals surface area contributed by atoms with E-state index in [0.717, 1.165) is 12.5 Å². The molecule has 1 aromatic heterocycles. The third-order valence-corrected chi connectivity index (χ3v) is 5.82. The van der Waals surface area contributed by atoms with Crippen LogP contribution in [0, 0.1) is 5.92 Å². The molecule has 1 aliphatic rings. The van der Waals surface area contributed by atoms with E-state index in [1.807, 2.05) is 11.3 Å². The Balaban J connectivity index is 1.54. The van der Waals surface area contributed by atoms with Crippen molar-refractivity contribution in [2.45, 2.75) is 38.5 Å². The summed E-state index contributed by atoms with van der Waals surface area (Å²) in [5, 5.41) is 2.15. The highest BCUT2D eigenvalue weighted by atomic mass is 32.1. The maximum absolute atomic E-state index is 5.83. The summed E-state index contributed by atoms with van der Waals surface area (Å²) in [5.41, 5.74) is 0. The molecular weight excluding hydrogens is 220 g/mol. The fraction of sp³-hybridized carbons (Fsp3) is 0.667. The number of rotatable bonds is 5. The van der Waals surface area contributed by atoms with E-state index >= 15 is 0 Å². The van der Waals surface area contributed by atoms with Gasteiger partial charge in [-0.2, -0.15) is 11.3 Å². The average molecular weight is 240 g/mol. The molecule has 0 saturated heterocycles. The molecule has 0 radical (unpaired) electrons. The van der Waals surface area contributed by atoms with E-state index in [1.54, 1.807) is 0 Å². The Bertz CT molecular complexity index is 255. The van der Waals surface area contributed by atoms with Crippen molar-refractivity contribution < 1.29 is 4.43 Å². The lowest BCUT2D eigenvalue weighted by Gasteiger charge is -2.21. The maximum Gasteiger partial charge on any atom is 0.202 e. The first-order valence-corrected chi connectivity index (χ1v) is 8.21. The minimum Gasteiger partial charge on any atom is -0.418 e. The molecular formula is C12H20OSSi. The van der Waals surface area contributed by atoms with Crippen molar-refractivity contribution in [2.75, 3.05) is 6.61 Å². The molecule has 1 saturated carbocycles. The second-order valence-electron chi connectivity index (χ2n) is 4.42. The summed E-state index contributed by atoms with van der Waals surface area (Å²) >= 11 is 1.85. The second-order valence-corrected chi connectivity index (χ2v) is 7.43. The molecule has 0 atom stereocenters. The van der Waals surface area contributed by atoms with Crippen LogP contribution < -0.4 is 4.50 Å². The fourth-order valence-corrected chi connectivity index (χ4v) is 4.34. The molecule has 3 heteroatoms. The van der Waals surface area contributed by atoms with Crippen molar-refractivity contribution in [1.82, 2.24) is 0 Å². The van der Waals surface area contributed by atoms with E-state index in [1.165, 1.54) is 43.0 Å². The summed E-state index contributed by atoms with van der Waals surface area (Å²) in [6.07, 6.45) is 8.56. The summed E-state index contributed by atoms with van der Waals surface area (Å²) in [7, 11) is -0.397. The first kappa shape index (κ1) is 11.4. The Kier molecular flexibility index (Phi) is 4.89. The molecule has 0 amide bonds. The van der Waals surface area contributed by atoms with Crippen molar-refractivity contribution in [3.63, 3.8) is 0 Å². The molecule has 0 unspecified atom stereocenters. The Hall–Kier alpha value is -0.123. The van der Waals surface area contributed by atoms with Crippen LogP contribution >= 0.6 is 11.3 Å². The van der Waals surface area contributed by atoms with Crippen LogP contribution in [0.25, 0.3) is 0 Å². The van der Waals surface area contributed by atoms with Crippen LogP contribution in [0.1, 0.15) is 38.5 Å². The Labute approximate surface area is 98.8 Å². The van der Waals surface area contributed by atoms with Crippen LogP contribution in [-0.2, 0) is 4.43 Å². The molecule has 0 spiro atoms. The topological polar surface area (TPSA) is 9.23 Å². The molecule has 15 heavy (non-hydrogen) atoms.